The molecular weight excluding hydrogens is 234 g/mol. The van der Waals surface area contributed by atoms with Gasteiger partial charge in [-0.05, 0) is 25.7 Å². The first kappa shape index (κ1) is 11.5. The summed E-state index contributed by atoms with van der Waals surface area (Å²) < 4.78 is 2.22. The highest BCUT2D eigenvalue weighted by atomic mass is 35.5. The van der Waals surface area contributed by atoms with Crippen molar-refractivity contribution in [2.24, 2.45) is 0 Å². The van der Waals surface area contributed by atoms with E-state index >= 15 is 0 Å². The highest BCUT2D eigenvalue weighted by molar-refractivity contribution is 6.16. The zero-order chi connectivity index (χ0) is 11.7. The molecule has 3 nitrogen and oxygen atoms in total. The maximum absolute atomic E-state index is 5.99. The fourth-order valence-electron chi connectivity index (χ4n) is 3.13. The van der Waals surface area contributed by atoms with E-state index in [0.717, 1.165) is 5.69 Å². The number of hydrogen-bond donors (Lipinski definition) is 0. The second-order valence-electron chi connectivity index (χ2n) is 5.42. The van der Waals surface area contributed by atoms with Gasteiger partial charge in [0.2, 0.25) is 0 Å². The summed E-state index contributed by atoms with van der Waals surface area (Å²) in [6.45, 7) is 0. The minimum absolute atomic E-state index is 0.512. The van der Waals surface area contributed by atoms with Gasteiger partial charge in [-0.2, -0.15) is 0 Å². The highest BCUT2D eigenvalue weighted by Gasteiger charge is 2.30. The van der Waals surface area contributed by atoms with Gasteiger partial charge in [-0.1, -0.05) is 30.9 Å². The Morgan fingerprint density at radius 3 is 2.41 bits per heavy atom. The van der Waals surface area contributed by atoms with Crippen LogP contribution in [0.15, 0.2) is 0 Å². The second kappa shape index (κ2) is 4.97. The number of halogens is 1. The van der Waals surface area contributed by atoms with Gasteiger partial charge in [0.15, 0.2) is 0 Å². The van der Waals surface area contributed by atoms with Crippen molar-refractivity contribution in [3.05, 3.63) is 11.4 Å². The summed E-state index contributed by atoms with van der Waals surface area (Å²) in [4.78, 5) is 0. The van der Waals surface area contributed by atoms with Crippen LogP contribution in [0.5, 0.6) is 0 Å². The lowest BCUT2D eigenvalue weighted by atomic mass is 9.81. The summed E-state index contributed by atoms with van der Waals surface area (Å²) in [5, 5.41) is 8.69. The fourth-order valence-corrected chi connectivity index (χ4v) is 3.32. The molecule has 2 fully saturated rings. The molecule has 0 bridgehead atoms. The summed E-state index contributed by atoms with van der Waals surface area (Å²) in [5.41, 5.74) is 2.39. The largest absolute Gasteiger partial charge is 0.246 e. The highest BCUT2D eigenvalue weighted by Crippen LogP contribution is 2.40. The summed E-state index contributed by atoms with van der Waals surface area (Å²) in [5.74, 6) is 1.19. The van der Waals surface area contributed by atoms with E-state index in [-0.39, 0.29) is 0 Å². The maximum atomic E-state index is 5.99. The molecule has 2 saturated carbocycles. The van der Waals surface area contributed by atoms with Crippen molar-refractivity contribution in [2.75, 3.05) is 0 Å². The van der Waals surface area contributed by atoms with Crippen LogP contribution < -0.4 is 0 Å². The Bertz CT molecular complexity index is 378. The molecule has 0 spiro atoms. The van der Waals surface area contributed by atoms with Crippen molar-refractivity contribution in [3.8, 4) is 0 Å². The Morgan fingerprint density at radius 1 is 1.06 bits per heavy atom. The van der Waals surface area contributed by atoms with Gasteiger partial charge in [0.25, 0.3) is 0 Å². The monoisotopic (exact) mass is 253 g/mol. The summed E-state index contributed by atoms with van der Waals surface area (Å²) in [6.07, 6.45) is 10.5. The third kappa shape index (κ3) is 2.10. The van der Waals surface area contributed by atoms with Crippen molar-refractivity contribution < 1.29 is 0 Å². The molecule has 0 radical (unpaired) electrons. The molecule has 0 unspecified atom stereocenters. The predicted octanol–water partition coefficient (Wildman–Crippen LogP) is 3.79. The van der Waals surface area contributed by atoms with Crippen molar-refractivity contribution in [1.29, 1.82) is 0 Å². The first-order chi connectivity index (χ1) is 8.40. The molecule has 2 aliphatic rings. The van der Waals surface area contributed by atoms with Gasteiger partial charge in [-0.3, -0.25) is 0 Å². The molecule has 2 aliphatic carbocycles. The minimum atomic E-state index is 0.512. The molecule has 0 saturated heterocycles. The minimum Gasteiger partial charge on any atom is -0.246 e. The quantitative estimate of drug-likeness (QED) is 0.768. The molecule has 4 heteroatoms. The van der Waals surface area contributed by atoms with Crippen molar-refractivity contribution in [1.82, 2.24) is 15.0 Å². The molecule has 0 aliphatic heterocycles. The lowest BCUT2D eigenvalue weighted by molar-refractivity contribution is 0.296. The van der Waals surface area contributed by atoms with Gasteiger partial charge in [0.1, 0.15) is 5.69 Å². The molecule has 0 aromatic carbocycles. The molecule has 1 aromatic rings. The van der Waals surface area contributed by atoms with E-state index in [2.05, 4.69) is 15.0 Å². The molecule has 3 rings (SSSR count). The number of alkyl halides is 1. The molecule has 0 atom stereocenters. The average molecular weight is 254 g/mol. The summed E-state index contributed by atoms with van der Waals surface area (Å²) in [6, 6.07) is 0.587. The first-order valence-corrected chi connectivity index (χ1v) is 7.43. The van der Waals surface area contributed by atoms with Crippen molar-refractivity contribution in [3.63, 3.8) is 0 Å². The molecule has 1 heterocycles. The van der Waals surface area contributed by atoms with Crippen LogP contribution in [0.25, 0.3) is 0 Å². The average Bonchev–Trinajstić information content (AvgIpc) is 2.72. The normalized spacial score (nSPS) is 22.6. The van der Waals surface area contributed by atoms with Gasteiger partial charge in [0, 0.05) is 5.92 Å². The van der Waals surface area contributed by atoms with Gasteiger partial charge in [-0.25, -0.2) is 4.68 Å². The number of nitrogens with zero attached hydrogens (tertiary/aromatic N) is 3. The van der Waals surface area contributed by atoms with Crippen molar-refractivity contribution in [2.45, 2.75) is 69.2 Å². The van der Waals surface area contributed by atoms with E-state index in [4.69, 9.17) is 11.6 Å². The standard InChI is InChI=1S/C13H20ClN3/c14-9-12-13(10-5-4-6-10)17(16-15-12)11-7-2-1-3-8-11/h10-11H,1-9H2. The third-order valence-corrected chi connectivity index (χ3v) is 4.60. The van der Waals surface area contributed by atoms with Crippen molar-refractivity contribution >= 4 is 11.6 Å². The zero-order valence-electron chi connectivity index (χ0n) is 10.2. The van der Waals surface area contributed by atoms with Crippen LogP contribution in [-0.4, -0.2) is 15.0 Å². The third-order valence-electron chi connectivity index (χ3n) is 4.34. The van der Waals surface area contributed by atoms with Crippen LogP contribution in [0, 0.1) is 0 Å². The smallest absolute Gasteiger partial charge is 0.101 e. The Balaban J connectivity index is 1.89. The van der Waals surface area contributed by atoms with E-state index in [1.165, 1.54) is 57.1 Å². The first-order valence-electron chi connectivity index (χ1n) is 6.90. The topological polar surface area (TPSA) is 30.7 Å². The van der Waals surface area contributed by atoms with Crippen LogP contribution in [-0.2, 0) is 5.88 Å². The Kier molecular flexibility index (Phi) is 3.37. The molecule has 0 N–H and O–H groups in total. The molecule has 94 valence electrons. The van der Waals surface area contributed by atoms with E-state index in [1.807, 2.05) is 0 Å². The molecule has 1 aromatic heterocycles. The second-order valence-corrected chi connectivity index (χ2v) is 5.69. The van der Waals surface area contributed by atoms with Crippen LogP contribution in [0.2, 0.25) is 0 Å². The lowest BCUT2D eigenvalue weighted by Crippen LogP contribution is -2.21. The number of hydrogen-bond acceptors (Lipinski definition) is 2. The summed E-state index contributed by atoms with van der Waals surface area (Å²) >= 11 is 5.99. The van der Waals surface area contributed by atoms with E-state index in [9.17, 15) is 0 Å². The van der Waals surface area contributed by atoms with E-state index < -0.39 is 0 Å². The van der Waals surface area contributed by atoms with Gasteiger partial charge in [0.05, 0.1) is 17.6 Å². The van der Waals surface area contributed by atoms with Crippen LogP contribution >= 0.6 is 11.6 Å². The number of rotatable bonds is 3. The molecule has 17 heavy (non-hydrogen) atoms. The summed E-state index contributed by atoms with van der Waals surface area (Å²) in [7, 11) is 0. The van der Waals surface area contributed by atoms with Crippen LogP contribution in [0.1, 0.15) is 74.7 Å². The molecule has 0 amide bonds. The molecular formula is C13H20ClN3. The van der Waals surface area contributed by atoms with Gasteiger partial charge >= 0.3 is 0 Å². The number of aromatic nitrogens is 3. The zero-order valence-corrected chi connectivity index (χ0v) is 11.0. The lowest BCUT2D eigenvalue weighted by Gasteiger charge is -2.30. The van der Waals surface area contributed by atoms with Crippen LogP contribution in [0.3, 0.4) is 0 Å². The Labute approximate surface area is 108 Å². The van der Waals surface area contributed by atoms with Gasteiger partial charge in [-0.15, -0.1) is 16.7 Å². The predicted molar refractivity (Wildman–Crippen MR) is 68.3 cm³/mol. The van der Waals surface area contributed by atoms with Crippen LogP contribution in [0.4, 0.5) is 0 Å². The van der Waals surface area contributed by atoms with Gasteiger partial charge < -0.3 is 0 Å². The van der Waals surface area contributed by atoms with E-state index in [1.54, 1.807) is 0 Å². The SMILES string of the molecule is ClCc1nnn(C2CCCCC2)c1C1CCC1. The maximum Gasteiger partial charge on any atom is 0.101 e. The Morgan fingerprint density at radius 2 is 1.82 bits per heavy atom. The fraction of sp³-hybridized carbons (Fsp3) is 0.846. The Hall–Kier alpha value is -0.570. The van der Waals surface area contributed by atoms with E-state index in [0.29, 0.717) is 17.8 Å².